The molecule has 0 amide bonds. The normalized spacial score (nSPS) is 11.0. The average molecular weight is 220 g/mol. The molecule has 4 heteroatoms. The maximum Gasteiger partial charge on any atom is 0.235 e. The van der Waals surface area contributed by atoms with E-state index < -0.39 is 0 Å². The van der Waals surface area contributed by atoms with E-state index in [1.807, 2.05) is 30.3 Å². The monoisotopic (exact) mass is 219 g/mol. The van der Waals surface area contributed by atoms with E-state index in [1.165, 1.54) is 0 Å². The zero-order valence-electron chi connectivity index (χ0n) is 7.75. The van der Waals surface area contributed by atoms with Crippen molar-refractivity contribution in [3.63, 3.8) is 0 Å². The molecule has 0 bridgehead atoms. The summed E-state index contributed by atoms with van der Waals surface area (Å²) in [6.07, 6.45) is 3.38. The van der Waals surface area contributed by atoms with Gasteiger partial charge in [-0.15, -0.1) is 0 Å². The Bertz CT molecular complexity index is 612. The zero-order chi connectivity index (χ0) is 10.3. The first-order valence-electron chi connectivity index (χ1n) is 4.54. The maximum atomic E-state index is 5.35. The zero-order valence-corrected chi connectivity index (χ0v) is 8.57. The van der Waals surface area contributed by atoms with Crippen LogP contribution < -0.4 is 0 Å². The third-order valence-electron chi connectivity index (χ3n) is 2.29. The molecule has 0 saturated carbocycles. The summed E-state index contributed by atoms with van der Waals surface area (Å²) in [7, 11) is 0. The number of hydrogen-bond acceptors (Lipinski definition) is 2. The molecule has 0 aliphatic carbocycles. The van der Waals surface area contributed by atoms with E-state index in [9.17, 15) is 0 Å². The van der Waals surface area contributed by atoms with Gasteiger partial charge in [-0.3, -0.25) is 0 Å². The quantitative estimate of drug-likeness (QED) is 0.629. The number of oxazole rings is 1. The molecule has 0 N–H and O–H groups in total. The van der Waals surface area contributed by atoms with Gasteiger partial charge in [0.15, 0.2) is 11.6 Å². The van der Waals surface area contributed by atoms with Gasteiger partial charge in [-0.2, -0.15) is 9.61 Å². The molecule has 0 aliphatic heterocycles. The summed E-state index contributed by atoms with van der Waals surface area (Å²) in [6, 6.07) is 9.55. The summed E-state index contributed by atoms with van der Waals surface area (Å²) in [5.41, 5.74) is 2.58. The number of benzene rings is 1. The highest BCUT2D eigenvalue weighted by molar-refractivity contribution is 5.64. The fourth-order valence-electron chi connectivity index (χ4n) is 1.58. The van der Waals surface area contributed by atoms with Crippen LogP contribution in [0.1, 0.15) is 0 Å². The van der Waals surface area contributed by atoms with E-state index in [0.29, 0.717) is 0 Å². The number of halogens is 1. The molecule has 0 radical (unpaired) electrons. The van der Waals surface area contributed by atoms with Crippen molar-refractivity contribution >= 4 is 5.71 Å². The molecule has 3 nitrogen and oxygen atoms in total. The van der Waals surface area contributed by atoms with Crippen molar-refractivity contribution in [3.05, 3.63) is 47.8 Å². The van der Waals surface area contributed by atoms with Crippen LogP contribution in [0.15, 0.2) is 47.2 Å². The topological polar surface area (TPSA) is 30.4 Å². The van der Waals surface area contributed by atoms with Gasteiger partial charge in [-0.1, -0.05) is 12.1 Å². The number of nitrogens with zero attached hydrogens (tertiary/aromatic N) is 2. The van der Waals surface area contributed by atoms with Gasteiger partial charge in [0.25, 0.3) is 0 Å². The molecule has 0 atom stereocenters. The number of hydrogen-bond donors (Lipinski definition) is 0. The fraction of sp³-hybridized carbons (Fsp3) is 0. The highest BCUT2D eigenvalue weighted by Crippen LogP contribution is 2.25. The SMILES string of the molecule is [ClH+]c1ccccc1-c1coc2ccnn12. The van der Waals surface area contributed by atoms with Gasteiger partial charge in [0.1, 0.15) is 12.0 Å². The molecule has 1 aromatic carbocycles. The first kappa shape index (κ1) is 8.56. The van der Waals surface area contributed by atoms with Gasteiger partial charge >= 0.3 is 0 Å². The first-order chi connectivity index (χ1) is 7.36. The Labute approximate surface area is 90.9 Å². The Kier molecular flexibility index (Phi) is 1.79. The smallest absolute Gasteiger partial charge is 0.235 e. The van der Waals surface area contributed by atoms with E-state index >= 15 is 0 Å². The predicted molar refractivity (Wildman–Crippen MR) is 53.4 cm³/mol. The van der Waals surface area contributed by atoms with Gasteiger partial charge in [-0.05, 0) is 6.07 Å². The Hall–Kier alpha value is -1.74. The molecular weight excluding hydrogens is 212 g/mol. The second-order valence-corrected chi connectivity index (χ2v) is 3.64. The van der Waals surface area contributed by atoms with Gasteiger partial charge < -0.3 is 4.42 Å². The van der Waals surface area contributed by atoms with E-state index in [2.05, 4.69) is 5.10 Å². The van der Waals surface area contributed by atoms with Gasteiger partial charge in [0.05, 0.1) is 11.8 Å². The van der Waals surface area contributed by atoms with Gasteiger partial charge in [0, 0.05) is 12.1 Å². The Balaban J connectivity index is 2.31. The fourth-order valence-corrected chi connectivity index (χ4v) is 1.83. The second kappa shape index (κ2) is 3.14. The van der Waals surface area contributed by atoms with Crippen LogP contribution in [0.3, 0.4) is 0 Å². The molecule has 15 heavy (non-hydrogen) atoms. The van der Waals surface area contributed by atoms with Crippen molar-refractivity contribution in [2.24, 2.45) is 0 Å². The minimum atomic E-state index is 0.725. The highest BCUT2D eigenvalue weighted by Gasteiger charge is 2.14. The highest BCUT2D eigenvalue weighted by atomic mass is 35.5. The molecule has 0 aliphatic rings. The van der Waals surface area contributed by atoms with Crippen molar-refractivity contribution in [1.29, 1.82) is 0 Å². The molecule has 2 heterocycles. The minimum Gasteiger partial charge on any atom is -0.444 e. The lowest BCUT2D eigenvalue weighted by Gasteiger charge is -1.95. The molecular formula is C11H8ClN2O+. The van der Waals surface area contributed by atoms with Crippen LogP contribution in [-0.4, -0.2) is 9.61 Å². The Morgan fingerprint density at radius 1 is 1.20 bits per heavy atom. The van der Waals surface area contributed by atoms with Crippen LogP contribution in [0.25, 0.3) is 17.0 Å². The van der Waals surface area contributed by atoms with Crippen LogP contribution in [0.2, 0.25) is 5.02 Å². The van der Waals surface area contributed by atoms with Gasteiger partial charge in [0.2, 0.25) is 10.7 Å². The van der Waals surface area contributed by atoms with Gasteiger partial charge in [-0.25, -0.2) is 0 Å². The molecule has 3 rings (SSSR count). The van der Waals surface area contributed by atoms with Crippen LogP contribution in [0.5, 0.6) is 0 Å². The Morgan fingerprint density at radius 2 is 2.07 bits per heavy atom. The van der Waals surface area contributed by atoms with E-state index in [1.54, 1.807) is 17.0 Å². The first-order valence-corrected chi connectivity index (χ1v) is 4.95. The predicted octanol–water partition coefficient (Wildman–Crippen LogP) is 2.29. The summed E-state index contributed by atoms with van der Waals surface area (Å²) < 4.78 is 7.09. The molecule has 0 fully saturated rings. The van der Waals surface area contributed by atoms with E-state index in [-0.39, 0.29) is 0 Å². The molecule has 0 unspecified atom stereocenters. The molecule has 2 aromatic heterocycles. The largest absolute Gasteiger partial charge is 0.444 e. The van der Waals surface area contributed by atoms with Crippen molar-refractivity contribution in [1.82, 2.24) is 9.61 Å². The summed E-state index contributed by atoms with van der Waals surface area (Å²) in [4.78, 5) is 0. The molecule has 3 aromatic rings. The van der Waals surface area contributed by atoms with E-state index in [4.69, 9.17) is 16.0 Å². The second-order valence-electron chi connectivity index (χ2n) is 3.20. The van der Waals surface area contributed by atoms with Crippen molar-refractivity contribution in [2.75, 3.05) is 0 Å². The molecule has 0 spiro atoms. The van der Waals surface area contributed by atoms with Crippen LogP contribution >= 0.6 is 0 Å². The summed E-state index contributed by atoms with van der Waals surface area (Å²) in [5.74, 6) is 0. The lowest BCUT2D eigenvalue weighted by Crippen LogP contribution is -1.88. The lowest BCUT2D eigenvalue weighted by atomic mass is 10.2. The standard InChI is InChI=1S/C11H8ClN2O/c12-9-4-2-1-3-8(9)10-7-15-11-5-6-13-14(10)11/h1-7,12H/q+1. The number of aromatic nitrogens is 2. The average Bonchev–Trinajstić information content (AvgIpc) is 2.80. The summed E-state index contributed by atoms with van der Waals surface area (Å²) in [5, 5.41) is 4.97. The van der Waals surface area contributed by atoms with Crippen molar-refractivity contribution in [2.45, 2.75) is 0 Å². The number of fused-ring (bicyclic) bond motifs is 1. The number of rotatable bonds is 1. The van der Waals surface area contributed by atoms with Crippen LogP contribution in [0, 0.1) is 11.6 Å². The Morgan fingerprint density at radius 3 is 2.93 bits per heavy atom. The van der Waals surface area contributed by atoms with Crippen molar-refractivity contribution < 1.29 is 16.0 Å². The maximum absolute atomic E-state index is 5.35. The molecule has 74 valence electrons. The van der Waals surface area contributed by atoms with Crippen LogP contribution in [-0.2, 0) is 0 Å². The summed E-state index contributed by atoms with van der Waals surface area (Å²) in [6.45, 7) is 0. The molecule has 0 saturated heterocycles. The van der Waals surface area contributed by atoms with E-state index in [0.717, 1.165) is 22.0 Å². The third kappa shape index (κ3) is 1.24. The third-order valence-corrected chi connectivity index (χ3v) is 2.65. The summed E-state index contributed by atoms with van der Waals surface area (Å²) >= 11 is 5.25. The van der Waals surface area contributed by atoms with Crippen LogP contribution in [0.4, 0.5) is 0 Å². The minimum absolute atomic E-state index is 0.725. The lowest BCUT2D eigenvalue weighted by molar-refractivity contribution is -0.287. The van der Waals surface area contributed by atoms with Crippen molar-refractivity contribution in [3.8, 4) is 11.3 Å².